The lowest BCUT2D eigenvalue weighted by atomic mass is 10.4. The first kappa shape index (κ1) is 5.03. The molecule has 3 heteroatoms. The van der Waals surface area contributed by atoms with Crippen LogP contribution in [0.5, 0.6) is 0 Å². The highest BCUT2D eigenvalue weighted by molar-refractivity contribution is 5.10. The third kappa shape index (κ3) is 0.932. The quantitative estimate of drug-likeness (QED) is 0.476. The Labute approximate surface area is 46.6 Å². The molecule has 8 heavy (non-hydrogen) atoms. The second-order valence-electron chi connectivity index (χ2n) is 1.34. The Kier molecular flexibility index (Phi) is 1.42. The summed E-state index contributed by atoms with van der Waals surface area (Å²) in [6.45, 7) is 0.456. The molecule has 0 unspecified atom stereocenters. The Hall–Kier alpha value is -1.12. The normalized spacial score (nSPS) is 16.8. The summed E-state index contributed by atoms with van der Waals surface area (Å²) >= 11 is 0. The molecule has 0 saturated heterocycles. The van der Waals surface area contributed by atoms with E-state index in [2.05, 4.69) is 5.18 Å². The summed E-state index contributed by atoms with van der Waals surface area (Å²) in [6, 6.07) is 0. The molecular weight excluding hydrogens is 106 g/mol. The smallest absolute Gasteiger partial charge is 0.255 e. The average molecular weight is 111 g/mol. The number of ether oxygens (including phenoxy) is 1. The van der Waals surface area contributed by atoms with E-state index in [9.17, 15) is 4.91 Å². The van der Waals surface area contributed by atoms with E-state index in [1.54, 1.807) is 12.2 Å². The van der Waals surface area contributed by atoms with Crippen LogP contribution in [0.2, 0.25) is 0 Å². The fourth-order valence-electron chi connectivity index (χ4n) is 0.444. The largest absolute Gasteiger partial charge is 0.471 e. The van der Waals surface area contributed by atoms with Crippen LogP contribution in [0.4, 0.5) is 0 Å². The van der Waals surface area contributed by atoms with E-state index in [0.29, 0.717) is 6.61 Å². The predicted molar refractivity (Wildman–Crippen MR) is 29.0 cm³/mol. The summed E-state index contributed by atoms with van der Waals surface area (Å²) in [4.78, 5) is 9.68. The van der Waals surface area contributed by atoms with Gasteiger partial charge in [-0.2, -0.15) is 0 Å². The second kappa shape index (κ2) is 2.26. The van der Waals surface area contributed by atoms with Crippen molar-refractivity contribution in [3.8, 4) is 0 Å². The molecule has 1 heterocycles. The third-order valence-electron chi connectivity index (χ3n) is 0.792. The van der Waals surface area contributed by atoms with Gasteiger partial charge >= 0.3 is 0 Å². The molecule has 3 nitrogen and oxygen atoms in total. The van der Waals surface area contributed by atoms with Gasteiger partial charge in [0.15, 0.2) is 0 Å². The SMILES string of the molecule is O=NC1=CC=CCO1. The van der Waals surface area contributed by atoms with Crippen molar-refractivity contribution in [3.63, 3.8) is 0 Å². The predicted octanol–water partition coefficient (Wildman–Crippen LogP) is 1.18. The van der Waals surface area contributed by atoms with Gasteiger partial charge in [0.1, 0.15) is 6.61 Å². The molecule has 1 rings (SSSR count). The van der Waals surface area contributed by atoms with Crippen molar-refractivity contribution in [1.82, 2.24) is 0 Å². The minimum absolute atomic E-state index is 0.160. The fourth-order valence-corrected chi connectivity index (χ4v) is 0.444. The molecule has 0 N–H and O–H groups in total. The molecule has 0 spiro atoms. The van der Waals surface area contributed by atoms with Gasteiger partial charge in [-0.25, -0.2) is 0 Å². The molecule has 0 aromatic carbocycles. The molecule has 42 valence electrons. The summed E-state index contributed by atoms with van der Waals surface area (Å²) in [5.41, 5.74) is 0. The molecule has 0 bridgehead atoms. The van der Waals surface area contributed by atoms with E-state index >= 15 is 0 Å². The standard InChI is InChI=1S/C5H5NO2/c7-6-5-3-1-2-4-8-5/h1-3H,4H2. The summed E-state index contributed by atoms with van der Waals surface area (Å²) in [5, 5.41) is 2.59. The fraction of sp³-hybridized carbons (Fsp3) is 0.200. The Morgan fingerprint density at radius 1 is 1.75 bits per heavy atom. The van der Waals surface area contributed by atoms with Crippen molar-refractivity contribution < 1.29 is 4.74 Å². The van der Waals surface area contributed by atoms with Crippen LogP contribution in [0.3, 0.4) is 0 Å². The molecule has 1 aliphatic heterocycles. The van der Waals surface area contributed by atoms with Crippen molar-refractivity contribution in [2.45, 2.75) is 0 Å². The lowest BCUT2D eigenvalue weighted by molar-refractivity contribution is 0.240. The monoisotopic (exact) mass is 111 g/mol. The third-order valence-corrected chi connectivity index (χ3v) is 0.792. The van der Waals surface area contributed by atoms with Crippen molar-refractivity contribution >= 4 is 0 Å². The van der Waals surface area contributed by atoms with Crippen LogP contribution < -0.4 is 0 Å². The Balaban J connectivity index is 2.63. The molecular formula is C5H5NO2. The van der Waals surface area contributed by atoms with Gasteiger partial charge < -0.3 is 4.74 Å². The second-order valence-corrected chi connectivity index (χ2v) is 1.34. The maximum absolute atomic E-state index is 9.68. The molecule has 0 aromatic rings. The van der Waals surface area contributed by atoms with Crippen molar-refractivity contribution in [2.75, 3.05) is 6.61 Å². The van der Waals surface area contributed by atoms with Crippen LogP contribution in [0, 0.1) is 4.91 Å². The van der Waals surface area contributed by atoms with Gasteiger partial charge in [-0.15, -0.1) is 4.91 Å². The summed E-state index contributed by atoms with van der Waals surface area (Å²) in [6.07, 6.45) is 5.06. The van der Waals surface area contributed by atoms with E-state index in [4.69, 9.17) is 4.74 Å². The molecule has 0 aromatic heterocycles. The van der Waals surface area contributed by atoms with Gasteiger partial charge in [0.2, 0.25) is 0 Å². The molecule has 0 aliphatic carbocycles. The molecule has 0 amide bonds. The highest BCUT2D eigenvalue weighted by atomic mass is 16.5. The maximum atomic E-state index is 9.68. The van der Waals surface area contributed by atoms with Crippen LogP contribution in [-0.2, 0) is 4.74 Å². The van der Waals surface area contributed by atoms with Gasteiger partial charge in [-0.1, -0.05) is 6.08 Å². The van der Waals surface area contributed by atoms with Crippen LogP contribution in [-0.4, -0.2) is 6.61 Å². The molecule has 0 atom stereocenters. The Bertz CT molecular complexity index is 149. The van der Waals surface area contributed by atoms with Crippen molar-refractivity contribution in [3.05, 3.63) is 29.0 Å². The summed E-state index contributed by atoms with van der Waals surface area (Å²) in [7, 11) is 0. The van der Waals surface area contributed by atoms with Crippen LogP contribution >= 0.6 is 0 Å². The summed E-state index contributed by atoms with van der Waals surface area (Å²) in [5.74, 6) is 0.160. The van der Waals surface area contributed by atoms with E-state index in [1.165, 1.54) is 6.08 Å². The maximum Gasteiger partial charge on any atom is 0.255 e. The van der Waals surface area contributed by atoms with E-state index in [1.807, 2.05) is 0 Å². The topological polar surface area (TPSA) is 38.7 Å². The van der Waals surface area contributed by atoms with Crippen molar-refractivity contribution in [1.29, 1.82) is 0 Å². The zero-order chi connectivity index (χ0) is 5.82. The van der Waals surface area contributed by atoms with Crippen LogP contribution in [0.15, 0.2) is 29.3 Å². The lowest BCUT2D eigenvalue weighted by Gasteiger charge is -2.00. The number of allylic oxidation sites excluding steroid dienone is 2. The minimum atomic E-state index is 0.160. The van der Waals surface area contributed by atoms with E-state index in [-0.39, 0.29) is 5.88 Å². The first-order chi connectivity index (χ1) is 3.93. The first-order valence-corrected chi connectivity index (χ1v) is 2.26. The first-order valence-electron chi connectivity index (χ1n) is 2.26. The van der Waals surface area contributed by atoms with Gasteiger partial charge in [0, 0.05) is 11.3 Å². The van der Waals surface area contributed by atoms with Gasteiger partial charge in [0.05, 0.1) is 0 Å². The Morgan fingerprint density at radius 2 is 2.62 bits per heavy atom. The molecule has 1 aliphatic rings. The Morgan fingerprint density at radius 3 is 3.00 bits per heavy atom. The van der Waals surface area contributed by atoms with Gasteiger partial charge in [0.25, 0.3) is 5.88 Å². The highest BCUT2D eigenvalue weighted by Crippen LogP contribution is 2.02. The lowest BCUT2D eigenvalue weighted by Crippen LogP contribution is -1.91. The van der Waals surface area contributed by atoms with Crippen LogP contribution in [0.25, 0.3) is 0 Å². The molecule has 0 saturated carbocycles. The number of rotatable bonds is 1. The summed E-state index contributed by atoms with van der Waals surface area (Å²) < 4.78 is 4.72. The number of hydrogen-bond donors (Lipinski definition) is 0. The highest BCUT2D eigenvalue weighted by Gasteiger charge is 1.95. The van der Waals surface area contributed by atoms with Crippen LogP contribution in [0.1, 0.15) is 0 Å². The van der Waals surface area contributed by atoms with Gasteiger partial charge in [-0.05, 0) is 6.08 Å². The average Bonchev–Trinajstić information content (AvgIpc) is 1.90. The molecule has 0 radical (unpaired) electrons. The number of nitroso groups, excluding NO2 is 1. The van der Waals surface area contributed by atoms with Gasteiger partial charge in [-0.3, -0.25) is 0 Å². The number of nitrogens with zero attached hydrogens (tertiary/aromatic N) is 1. The zero-order valence-electron chi connectivity index (χ0n) is 4.20. The number of hydrogen-bond acceptors (Lipinski definition) is 3. The van der Waals surface area contributed by atoms with Crippen molar-refractivity contribution in [2.24, 2.45) is 5.18 Å². The minimum Gasteiger partial charge on any atom is -0.471 e. The zero-order valence-corrected chi connectivity index (χ0v) is 4.20. The van der Waals surface area contributed by atoms with E-state index in [0.717, 1.165) is 0 Å². The molecule has 0 fully saturated rings. The van der Waals surface area contributed by atoms with E-state index < -0.39 is 0 Å².